The van der Waals surface area contributed by atoms with Gasteiger partial charge in [0, 0.05) is 16.0 Å². The number of benzene rings is 2. The molecule has 1 spiro atoms. The molecule has 0 amide bonds. The molecule has 1 unspecified atom stereocenters. The molecule has 0 radical (unpaired) electrons. The normalized spacial score (nSPS) is 27.1. The quantitative estimate of drug-likeness (QED) is 0.550. The number of aliphatic imine (C=N–C) groups is 1. The van der Waals surface area contributed by atoms with Crippen molar-refractivity contribution in [3.8, 4) is 22.9 Å². The zero-order valence-electron chi connectivity index (χ0n) is 18.1. The van der Waals surface area contributed by atoms with Crippen LogP contribution in [-0.4, -0.2) is 37.0 Å². The van der Waals surface area contributed by atoms with Gasteiger partial charge in [-0.25, -0.2) is 9.79 Å². The van der Waals surface area contributed by atoms with Crippen LogP contribution in [0.4, 0.5) is 13.2 Å². The van der Waals surface area contributed by atoms with Gasteiger partial charge in [-0.3, -0.25) is 0 Å². The maximum absolute atomic E-state index is 12.8. The molecule has 2 aliphatic heterocycles. The highest BCUT2D eigenvalue weighted by Gasteiger charge is 2.56. The zero-order valence-corrected chi connectivity index (χ0v) is 19.7. The van der Waals surface area contributed by atoms with Crippen molar-refractivity contribution < 1.29 is 32.2 Å². The van der Waals surface area contributed by atoms with Crippen molar-refractivity contribution in [2.75, 3.05) is 6.61 Å². The number of rotatable bonds is 2. The lowest BCUT2D eigenvalue weighted by Crippen LogP contribution is -2.52. The molecular formula is C24H19BrF3N3O4. The van der Waals surface area contributed by atoms with Crippen LogP contribution in [0.3, 0.4) is 0 Å². The van der Waals surface area contributed by atoms with Gasteiger partial charge in [-0.1, -0.05) is 22.0 Å². The summed E-state index contributed by atoms with van der Waals surface area (Å²) < 4.78 is 55.7. The fourth-order valence-electron chi connectivity index (χ4n) is 5.18. The lowest BCUT2D eigenvalue weighted by Gasteiger charge is -2.47. The van der Waals surface area contributed by atoms with Crippen molar-refractivity contribution in [3.63, 3.8) is 0 Å². The largest absolute Gasteiger partial charge is 0.490 e. The first kappa shape index (κ1) is 23.5. The predicted molar refractivity (Wildman–Crippen MR) is 121 cm³/mol. The predicted octanol–water partition coefficient (Wildman–Crippen LogP) is 4.56. The van der Waals surface area contributed by atoms with Crippen LogP contribution in [-0.2, 0) is 19.8 Å². The topological polar surface area (TPSA) is 107 Å². The van der Waals surface area contributed by atoms with Crippen molar-refractivity contribution >= 4 is 27.9 Å². The van der Waals surface area contributed by atoms with Crippen LogP contribution in [0.5, 0.6) is 5.75 Å². The number of esters is 1. The molecule has 0 bridgehead atoms. The highest BCUT2D eigenvalue weighted by Crippen LogP contribution is 2.53. The number of nitrogens with two attached hydrogens (primary N) is 1. The Morgan fingerprint density at radius 1 is 1.23 bits per heavy atom. The van der Waals surface area contributed by atoms with Gasteiger partial charge in [0.15, 0.2) is 0 Å². The van der Waals surface area contributed by atoms with Crippen molar-refractivity contribution in [1.29, 1.82) is 5.26 Å². The monoisotopic (exact) mass is 549 g/mol. The van der Waals surface area contributed by atoms with Crippen molar-refractivity contribution in [3.05, 3.63) is 52.0 Å². The molecule has 3 aliphatic rings. The minimum atomic E-state index is -5.07. The van der Waals surface area contributed by atoms with E-state index in [4.69, 9.17) is 19.9 Å². The third kappa shape index (κ3) is 4.20. The van der Waals surface area contributed by atoms with Gasteiger partial charge < -0.3 is 19.9 Å². The van der Waals surface area contributed by atoms with Crippen LogP contribution in [0.15, 0.2) is 45.9 Å². The fraction of sp³-hybridized carbons (Fsp3) is 0.375. The van der Waals surface area contributed by atoms with E-state index >= 15 is 0 Å². The van der Waals surface area contributed by atoms with Crippen LogP contribution < -0.4 is 10.5 Å². The van der Waals surface area contributed by atoms with E-state index in [2.05, 4.69) is 27.0 Å². The number of ether oxygens (including phenoxy) is 3. The van der Waals surface area contributed by atoms with E-state index in [1.54, 1.807) is 12.1 Å². The van der Waals surface area contributed by atoms with E-state index in [9.17, 15) is 23.2 Å². The minimum Gasteiger partial charge on any atom is -0.490 e. The first-order valence-electron chi connectivity index (χ1n) is 10.9. The summed E-state index contributed by atoms with van der Waals surface area (Å²) >= 11 is 3.42. The third-order valence-corrected chi connectivity index (χ3v) is 7.15. The van der Waals surface area contributed by atoms with Crippen molar-refractivity contribution in [2.24, 2.45) is 16.6 Å². The summed E-state index contributed by atoms with van der Waals surface area (Å²) in [5, 5.41) is 9.34. The number of hydrogen-bond donors (Lipinski definition) is 1. The molecule has 2 N–H and O–H groups in total. The first-order chi connectivity index (χ1) is 16.6. The van der Waals surface area contributed by atoms with Crippen molar-refractivity contribution in [1.82, 2.24) is 0 Å². The SMILES string of the molecule is N#Cc1cc(Br)cc(-c2ccc3c(c2)C2(COC(N)=N2)[C@H]2C[C@@H](OC(=O)C(F)(F)F)CC[C@@H]2O3)c1. The maximum atomic E-state index is 12.8. The third-order valence-electron chi connectivity index (χ3n) is 6.69. The fourth-order valence-corrected chi connectivity index (χ4v) is 5.67. The van der Waals surface area contributed by atoms with E-state index in [-0.39, 0.29) is 31.6 Å². The second-order valence-corrected chi connectivity index (χ2v) is 9.73. The maximum Gasteiger partial charge on any atom is 0.490 e. The number of hydrogen-bond acceptors (Lipinski definition) is 7. The van der Waals surface area contributed by atoms with Gasteiger partial charge in [0.05, 0.1) is 11.6 Å². The number of halogens is 4. The number of carbonyl (C=O) groups is 1. The number of amidine groups is 1. The highest BCUT2D eigenvalue weighted by atomic mass is 79.9. The average molecular weight is 550 g/mol. The Morgan fingerprint density at radius 2 is 2.03 bits per heavy atom. The summed E-state index contributed by atoms with van der Waals surface area (Å²) in [6, 6.07) is 13.0. The molecule has 5 rings (SSSR count). The van der Waals surface area contributed by atoms with Gasteiger partial charge in [-0.2, -0.15) is 18.4 Å². The molecule has 2 heterocycles. The lowest BCUT2D eigenvalue weighted by molar-refractivity contribution is -0.208. The first-order valence-corrected chi connectivity index (χ1v) is 11.7. The summed E-state index contributed by atoms with van der Waals surface area (Å²) in [7, 11) is 0. The van der Waals surface area contributed by atoms with Crippen molar-refractivity contribution in [2.45, 2.75) is 43.2 Å². The smallest absolute Gasteiger partial charge is 0.490 e. The van der Waals surface area contributed by atoms with E-state index in [1.807, 2.05) is 24.3 Å². The molecule has 0 aromatic heterocycles. The molecule has 1 aliphatic carbocycles. The van der Waals surface area contributed by atoms with E-state index in [1.165, 1.54) is 0 Å². The van der Waals surface area contributed by atoms with E-state index in [0.29, 0.717) is 23.3 Å². The molecule has 182 valence electrons. The van der Waals surface area contributed by atoms with Crippen LogP contribution >= 0.6 is 15.9 Å². The number of nitriles is 1. The van der Waals surface area contributed by atoms with Crippen LogP contribution in [0.25, 0.3) is 11.1 Å². The average Bonchev–Trinajstić information content (AvgIpc) is 3.20. The van der Waals surface area contributed by atoms with Gasteiger partial charge in [0.25, 0.3) is 6.02 Å². The van der Waals surface area contributed by atoms with Gasteiger partial charge in [-0.05, 0) is 60.7 Å². The zero-order chi connectivity index (χ0) is 25.0. The van der Waals surface area contributed by atoms with Gasteiger partial charge in [0.2, 0.25) is 0 Å². The highest BCUT2D eigenvalue weighted by molar-refractivity contribution is 9.10. The molecule has 0 saturated heterocycles. The summed E-state index contributed by atoms with van der Waals surface area (Å²) in [6.07, 6.45) is -5.62. The molecule has 2 aromatic rings. The molecule has 2 aromatic carbocycles. The molecule has 35 heavy (non-hydrogen) atoms. The molecule has 1 fully saturated rings. The Morgan fingerprint density at radius 3 is 2.71 bits per heavy atom. The molecule has 7 nitrogen and oxygen atoms in total. The summed E-state index contributed by atoms with van der Waals surface area (Å²) in [4.78, 5) is 16.1. The Hall–Kier alpha value is -3.26. The number of carbonyl (C=O) groups excluding carboxylic acids is 1. The second kappa shape index (κ2) is 8.45. The Labute approximate surface area is 206 Å². The number of fused-ring (bicyclic) bond motifs is 4. The summed E-state index contributed by atoms with van der Waals surface area (Å²) in [5.74, 6) is -2.05. The summed E-state index contributed by atoms with van der Waals surface area (Å²) in [6.45, 7) is 0.0850. The molecule has 1 saturated carbocycles. The van der Waals surface area contributed by atoms with Gasteiger partial charge >= 0.3 is 12.1 Å². The van der Waals surface area contributed by atoms with E-state index < -0.39 is 29.7 Å². The Balaban J connectivity index is 1.55. The van der Waals surface area contributed by atoms with Gasteiger partial charge in [-0.15, -0.1) is 0 Å². The van der Waals surface area contributed by atoms with Crippen LogP contribution in [0.2, 0.25) is 0 Å². The van der Waals surface area contributed by atoms with E-state index in [0.717, 1.165) is 15.6 Å². The summed E-state index contributed by atoms with van der Waals surface area (Å²) in [5.41, 5.74) is 7.63. The second-order valence-electron chi connectivity index (χ2n) is 8.82. The lowest BCUT2D eigenvalue weighted by atomic mass is 9.67. The molecular weight excluding hydrogens is 531 g/mol. The Kier molecular flexibility index (Phi) is 5.67. The number of nitrogens with zero attached hydrogens (tertiary/aromatic N) is 2. The van der Waals surface area contributed by atoms with Gasteiger partial charge in [0.1, 0.15) is 30.1 Å². The van der Waals surface area contributed by atoms with Crippen LogP contribution in [0.1, 0.15) is 30.4 Å². The Bertz CT molecular complexity index is 1280. The molecule has 11 heteroatoms. The standard InChI is InChI=1S/C24H19BrF3N3O4/c25-15-6-12(10-29)5-14(7-15)13-1-3-19-17(8-13)23(11-33-22(30)31-23)18-9-16(2-4-20(18)35-19)34-21(32)24(26,27)28/h1,3,5-8,16,18,20H,2,4,9,11H2,(H2,30,31)/t16-,18-,20-,23?/m0/s1. The minimum absolute atomic E-state index is 0.0226. The molecule has 4 atom stereocenters. The van der Waals surface area contributed by atoms with Crippen LogP contribution in [0, 0.1) is 17.2 Å². The number of alkyl halides is 3.